The third kappa shape index (κ3) is 7.43. The van der Waals surface area contributed by atoms with Crippen molar-refractivity contribution in [1.82, 2.24) is 10.6 Å². The van der Waals surface area contributed by atoms with E-state index in [2.05, 4.69) is 10.6 Å². The topological polar surface area (TPSA) is 111 Å². The van der Waals surface area contributed by atoms with Gasteiger partial charge in [-0.2, -0.15) is 0 Å². The summed E-state index contributed by atoms with van der Waals surface area (Å²) >= 11 is 0. The van der Waals surface area contributed by atoms with Crippen molar-refractivity contribution in [2.24, 2.45) is 5.92 Å². The molecule has 1 aliphatic rings. The number of hydrogen-bond donors (Lipinski definition) is 2. The van der Waals surface area contributed by atoms with Crippen LogP contribution in [0.3, 0.4) is 0 Å². The fourth-order valence-electron chi connectivity index (χ4n) is 4.06. The largest absolute Gasteiger partial charge is 0.467 e. The van der Waals surface area contributed by atoms with Crippen LogP contribution in [-0.2, 0) is 36.9 Å². The van der Waals surface area contributed by atoms with Crippen molar-refractivity contribution < 1.29 is 28.7 Å². The lowest BCUT2D eigenvalue weighted by Gasteiger charge is -2.29. The molecule has 8 heteroatoms. The Morgan fingerprint density at radius 3 is 2.24 bits per heavy atom. The number of amides is 2. The minimum atomic E-state index is -0.989. The highest BCUT2D eigenvalue weighted by Gasteiger charge is 2.36. The van der Waals surface area contributed by atoms with Gasteiger partial charge in [0.15, 0.2) is 0 Å². The lowest BCUT2D eigenvalue weighted by Crippen LogP contribution is -2.55. The first-order chi connectivity index (χ1) is 16.5. The number of alkyl carbamates (subject to hydrolysis) is 1. The van der Waals surface area contributed by atoms with E-state index < -0.39 is 30.1 Å². The van der Waals surface area contributed by atoms with Gasteiger partial charge in [0, 0.05) is 19.3 Å². The highest BCUT2D eigenvalue weighted by molar-refractivity contribution is 5.90. The number of carbonyl (C=O) groups excluding carboxylic acids is 4. The number of ether oxygens (including phenoxy) is 2. The van der Waals surface area contributed by atoms with Crippen molar-refractivity contribution in [2.45, 2.75) is 50.8 Å². The molecule has 1 saturated carbocycles. The zero-order valence-electron chi connectivity index (χ0n) is 19.2. The van der Waals surface area contributed by atoms with E-state index in [1.54, 1.807) is 0 Å². The number of Topliss-reactive ketones (excluding diaryl/α,β-unsaturated/α-hetero) is 1. The molecule has 8 nitrogen and oxygen atoms in total. The van der Waals surface area contributed by atoms with Gasteiger partial charge in [0.1, 0.15) is 24.5 Å². The molecule has 0 bridgehead atoms. The molecule has 3 atom stereocenters. The monoisotopic (exact) mass is 466 g/mol. The van der Waals surface area contributed by atoms with Gasteiger partial charge in [0.25, 0.3) is 0 Å². The van der Waals surface area contributed by atoms with Crippen molar-refractivity contribution in [3.05, 3.63) is 71.8 Å². The number of carbonyl (C=O) groups is 4. The molecular formula is C26H30N2O6. The summed E-state index contributed by atoms with van der Waals surface area (Å²) in [6.45, 7) is 0.0569. The molecule has 0 heterocycles. The van der Waals surface area contributed by atoms with Gasteiger partial charge in [-0.15, -0.1) is 0 Å². The fourth-order valence-corrected chi connectivity index (χ4v) is 4.06. The number of rotatable bonds is 9. The number of esters is 1. The van der Waals surface area contributed by atoms with Crippen molar-refractivity contribution in [2.75, 3.05) is 7.11 Å². The minimum Gasteiger partial charge on any atom is -0.467 e. The Hall–Kier alpha value is -3.68. The standard InChI is InChI=1S/C26H30N2O6/c1-33-25(31)23(20-13-8-14-21(29)16-20)28-24(30)22(15-18-9-4-2-5-10-18)27-26(32)34-17-19-11-6-3-7-12-19/h2-7,9-12,20,22-23H,8,13-17H2,1H3,(H,27,32)(H,28,30)/t20-,22+,23+/m0/s1. The molecule has 3 rings (SSSR count). The van der Waals surface area contributed by atoms with Crippen molar-refractivity contribution in [3.8, 4) is 0 Å². The van der Waals surface area contributed by atoms with Crippen LogP contribution in [-0.4, -0.2) is 42.9 Å². The van der Waals surface area contributed by atoms with Gasteiger partial charge in [0.2, 0.25) is 5.91 Å². The molecular weight excluding hydrogens is 436 g/mol. The van der Waals surface area contributed by atoms with E-state index in [0.717, 1.165) is 11.1 Å². The number of benzene rings is 2. The molecule has 0 spiro atoms. The Bertz CT molecular complexity index is 979. The maximum Gasteiger partial charge on any atom is 0.408 e. The zero-order chi connectivity index (χ0) is 24.3. The molecule has 0 aromatic heterocycles. The summed E-state index contributed by atoms with van der Waals surface area (Å²) in [5.41, 5.74) is 1.64. The Labute approximate surface area is 199 Å². The molecule has 180 valence electrons. The van der Waals surface area contributed by atoms with Crippen molar-refractivity contribution in [1.29, 1.82) is 0 Å². The van der Waals surface area contributed by atoms with Gasteiger partial charge in [-0.1, -0.05) is 60.7 Å². The van der Waals surface area contributed by atoms with Crippen LogP contribution in [0.5, 0.6) is 0 Å². The second kappa shape index (κ2) is 12.5. The predicted molar refractivity (Wildman–Crippen MR) is 125 cm³/mol. The Morgan fingerprint density at radius 1 is 0.971 bits per heavy atom. The smallest absolute Gasteiger partial charge is 0.408 e. The molecule has 2 N–H and O–H groups in total. The maximum absolute atomic E-state index is 13.2. The number of methoxy groups -OCH3 is 1. The first-order valence-electron chi connectivity index (χ1n) is 11.4. The normalized spacial score (nSPS) is 17.2. The van der Waals surface area contributed by atoms with E-state index in [1.807, 2.05) is 60.7 Å². The number of ketones is 1. The van der Waals surface area contributed by atoms with E-state index >= 15 is 0 Å². The minimum absolute atomic E-state index is 0.0569. The van der Waals surface area contributed by atoms with Crippen LogP contribution in [0.15, 0.2) is 60.7 Å². The molecule has 0 saturated heterocycles. The average molecular weight is 467 g/mol. The summed E-state index contributed by atoms with van der Waals surface area (Å²) < 4.78 is 10.2. The van der Waals surface area contributed by atoms with Gasteiger partial charge in [-0.3, -0.25) is 9.59 Å². The number of nitrogens with one attached hydrogen (secondary N) is 2. The van der Waals surface area contributed by atoms with Crippen molar-refractivity contribution in [3.63, 3.8) is 0 Å². The second-order valence-electron chi connectivity index (χ2n) is 8.35. The lowest BCUT2D eigenvalue weighted by molar-refractivity contribution is -0.147. The quantitative estimate of drug-likeness (QED) is 0.550. The fraction of sp³-hybridized carbons (Fsp3) is 0.385. The summed E-state index contributed by atoms with van der Waals surface area (Å²) in [5, 5.41) is 5.34. The van der Waals surface area contributed by atoms with E-state index in [9.17, 15) is 19.2 Å². The van der Waals surface area contributed by atoms with Gasteiger partial charge < -0.3 is 20.1 Å². The Kier molecular flexibility index (Phi) is 9.20. The van der Waals surface area contributed by atoms with Gasteiger partial charge in [0.05, 0.1) is 7.11 Å². The molecule has 34 heavy (non-hydrogen) atoms. The molecule has 0 unspecified atom stereocenters. The van der Waals surface area contributed by atoms with E-state index in [4.69, 9.17) is 9.47 Å². The molecule has 2 amide bonds. The third-order valence-corrected chi connectivity index (χ3v) is 5.85. The highest BCUT2D eigenvalue weighted by Crippen LogP contribution is 2.25. The zero-order valence-corrected chi connectivity index (χ0v) is 19.2. The molecule has 2 aromatic carbocycles. The SMILES string of the molecule is COC(=O)[C@H](NC(=O)[C@@H](Cc1ccccc1)NC(=O)OCc1ccccc1)[C@H]1CCCC(=O)C1. The van der Waals surface area contributed by atoms with Gasteiger partial charge >= 0.3 is 12.1 Å². The summed E-state index contributed by atoms with van der Waals surface area (Å²) in [7, 11) is 1.24. The van der Waals surface area contributed by atoms with Crippen LogP contribution in [0.2, 0.25) is 0 Å². The number of hydrogen-bond acceptors (Lipinski definition) is 6. The third-order valence-electron chi connectivity index (χ3n) is 5.85. The van der Waals surface area contributed by atoms with E-state index in [0.29, 0.717) is 19.3 Å². The van der Waals surface area contributed by atoms with Crippen molar-refractivity contribution >= 4 is 23.8 Å². The second-order valence-corrected chi connectivity index (χ2v) is 8.35. The first-order valence-corrected chi connectivity index (χ1v) is 11.4. The van der Waals surface area contributed by atoms with Gasteiger partial charge in [-0.05, 0) is 29.9 Å². The summed E-state index contributed by atoms with van der Waals surface area (Å²) in [5.74, 6) is -1.45. The summed E-state index contributed by atoms with van der Waals surface area (Å²) in [6.07, 6.45) is 1.42. The molecule has 1 fully saturated rings. The van der Waals surface area contributed by atoms with Crippen LogP contribution < -0.4 is 10.6 Å². The lowest BCUT2D eigenvalue weighted by atomic mass is 9.83. The van der Waals surface area contributed by atoms with E-state index in [1.165, 1.54) is 7.11 Å². The van der Waals surface area contributed by atoms with Gasteiger partial charge in [-0.25, -0.2) is 9.59 Å². The van der Waals surface area contributed by atoms with Crippen LogP contribution >= 0.6 is 0 Å². The average Bonchev–Trinajstić information content (AvgIpc) is 2.86. The predicted octanol–water partition coefficient (Wildman–Crippen LogP) is 2.94. The Morgan fingerprint density at radius 2 is 1.62 bits per heavy atom. The first kappa shape index (κ1) is 25.0. The summed E-state index contributed by atoms with van der Waals surface area (Å²) in [4.78, 5) is 50.1. The van der Waals surface area contributed by atoms with Crippen LogP contribution in [0.1, 0.15) is 36.8 Å². The van der Waals surface area contributed by atoms with Crippen LogP contribution in [0.25, 0.3) is 0 Å². The molecule has 1 aliphatic carbocycles. The van der Waals surface area contributed by atoms with E-state index in [-0.39, 0.29) is 31.1 Å². The maximum atomic E-state index is 13.2. The summed E-state index contributed by atoms with van der Waals surface area (Å²) in [6, 6.07) is 16.4. The molecule has 2 aromatic rings. The Balaban J connectivity index is 1.71. The highest BCUT2D eigenvalue weighted by atomic mass is 16.5. The van der Waals surface area contributed by atoms with Crippen LogP contribution in [0.4, 0.5) is 4.79 Å². The molecule has 0 radical (unpaired) electrons. The molecule has 0 aliphatic heterocycles. The van der Waals surface area contributed by atoms with Crippen LogP contribution in [0, 0.1) is 5.92 Å².